The van der Waals surface area contributed by atoms with E-state index in [0.717, 1.165) is 23.0 Å². The van der Waals surface area contributed by atoms with Crippen LogP contribution in [0.1, 0.15) is 20.8 Å². The van der Waals surface area contributed by atoms with Crippen LogP contribution in [0.3, 0.4) is 0 Å². The minimum absolute atomic E-state index is 0.0803. The first-order valence-corrected chi connectivity index (χ1v) is 9.22. The third kappa shape index (κ3) is 3.18. The van der Waals surface area contributed by atoms with Crippen molar-refractivity contribution in [1.29, 1.82) is 0 Å². The average Bonchev–Trinajstić information content (AvgIpc) is 3.13. The van der Waals surface area contributed by atoms with Crippen LogP contribution in [0.2, 0.25) is 0 Å². The van der Waals surface area contributed by atoms with Crippen LogP contribution in [0, 0.1) is 6.92 Å². The first-order chi connectivity index (χ1) is 11.3. The van der Waals surface area contributed by atoms with E-state index in [4.69, 9.17) is 19.9 Å². The van der Waals surface area contributed by atoms with E-state index in [-0.39, 0.29) is 27.2 Å². The van der Waals surface area contributed by atoms with Crippen molar-refractivity contribution in [3.8, 4) is 11.5 Å². The van der Waals surface area contributed by atoms with Crippen LogP contribution in [0.5, 0.6) is 0 Å². The summed E-state index contributed by atoms with van der Waals surface area (Å²) in [4.78, 5) is 35.3. The van der Waals surface area contributed by atoms with Gasteiger partial charge in [0.15, 0.2) is 10.9 Å². The van der Waals surface area contributed by atoms with Gasteiger partial charge in [-0.05, 0) is 19.1 Å². The number of aromatic nitrogens is 1. The monoisotopic (exact) mass is 364 g/mol. The molecule has 0 fully saturated rings. The molecule has 1 aromatic carbocycles. The number of thiazole rings is 1. The Balaban J connectivity index is 2.05. The van der Waals surface area contributed by atoms with Gasteiger partial charge in [0.1, 0.15) is 10.6 Å². The van der Waals surface area contributed by atoms with E-state index >= 15 is 0 Å². The molecule has 0 radical (unpaired) electrons. The number of furan rings is 1. The molecule has 0 amide bonds. The van der Waals surface area contributed by atoms with Crippen LogP contribution in [-0.2, 0) is 4.57 Å². The summed E-state index contributed by atoms with van der Waals surface area (Å²) in [7, 11) is -4.52. The summed E-state index contributed by atoms with van der Waals surface area (Å²) < 4.78 is 16.4. The van der Waals surface area contributed by atoms with Gasteiger partial charge in [-0.1, -0.05) is 41.2 Å². The molecule has 3 rings (SSSR count). The number of hydrogen-bond donors (Lipinski definition) is 3. The first kappa shape index (κ1) is 16.6. The summed E-state index contributed by atoms with van der Waals surface area (Å²) in [6.07, 6.45) is 0. The fourth-order valence-electron chi connectivity index (χ4n) is 2.11. The molecule has 0 bridgehead atoms. The van der Waals surface area contributed by atoms with Crippen molar-refractivity contribution in [2.75, 3.05) is 5.73 Å². The van der Waals surface area contributed by atoms with Crippen LogP contribution in [0.4, 0.5) is 5.13 Å². The Hall–Kier alpha value is -2.25. The summed E-state index contributed by atoms with van der Waals surface area (Å²) in [6.45, 7) is 1.91. The molecule has 0 spiro atoms. The number of nitrogens with two attached hydrogens (primary N) is 1. The highest BCUT2D eigenvalue weighted by molar-refractivity contribution is 7.59. The number of hydrogen-bond acceptors (Lipinski definition) is 6. The van der Waals surface area contributed by atoms with Crippen molar-refractivity contribution in [1.82, 2.24) is 4.98 Å². The van der Waals surface area contributed by atoms with Crippen LogP contribution < -0.4 is 11.2 Å². The summed E-state index contributed by atoms with van der Waals surface area (Å²) >= 11 is 0.996. The van der Waals surface area contributed by atoms with Gasteiger partial charge in [0.25, 0.3) is 0 Å². The molecule has 4 N–H and O–H groups in total. The molecule has 0 aliphatic rings. The predicted octanol–water partition coefficient (Wildman–Crippen LogP) is 2.33. The topological polar surface area (TPSA) is 127 Å². The van der Waals surface area contributed by atoms with Crippen molar-refractivity contribution in [2.45, 2.75) is 6.92 Å². The molecule has 0 unspecified atom stereocenters. The van der Waals surface area contributed by atoms with Gasteiger partial charge in [0.2, 0.25) is 11.3 Å². The molecule has 3 aromatic rings. The lowest BCUT2D eigenvalue weighted by molar-refractivity contribution is 0.104. The molecule has 0 saturated carbocycles. The fourth-order valence-corrected chi connectivity index (χ4v) is 3.39. The van der Waals surface area contributed by atoms with Crippen molar-refractivity contribution in [3.05, 3.63) is 52.4 Å². The average molecular weight is 364 g/mol. The minimum Gasteiger partial charge on any atom is -0.446 e. The Morgan fingerprint density at radius 1 is 1.21 bits per heavy atom. The van der Waals surface area contributed by atoms with Gasteiger partial charge >= 0.3 is 7.60 Å². The number of nitrogens with zero attached hydrogens (tertiary/aromatic N) is 1. The second-order valence-electron chi connectivity index (χ2n) is 5.11. The number of anilines is 1. The standard InChI is InChI=1S/C15H13N2O5PS/c1-8-2-4-9(5-3-8)13(18)14-12(17-15(16)24-14)10-6-7-11(22-10)23(19,20)21/h2-7H,1H3,(H2,16,17)(H2,19,20,21). The van der Waals surface area contributed by atoms with E-state index < -0.39 is 13.1 Å². The molecular weight excluding hydrogens is 351 g/mol. The van der Waals surface area contributed by atoms with Gasteiger partial charge in [0, 0.05) is 5.56 Å². The molecule has 0 aliphatic heterocycles. The fraction of sp³-hybridized carbons (Fsp3) is 0.0667. The minimum atomic E-state index is -4.52. The highest BCUT2D eigenvalue weighted by atomic mass is 32.1. The molecular formula is C15H13N2O5PS. The van der Waals surface area contributed by atoms with E-state index in [1.165, 1.54) is 6.07 Å². The molecule has 0 saturated heterocycles. The molecule has 7 nitrogen and oxygen atoms in total. The van der Waals surface area contributed by atoms with Crippen molar-refractivity contribution >= 4 is 35.3 Å². The van der Waals surface area contributed by atoms with Gasteiger partial charge in [-0.2, -0.15) is 0 Å². The number of carbonyl (C=O) groups is 1. The second-order valence-corrected chi connectivity index (χ2v) is 7.67. The Bertz CT molecular complexity index is 955. The SMILES string of the molecule is Cc1ccc(C(=O)c2sc(N)nc2-c2ccc(P(=O)(O)O)o2)cc1. The van der Waals surface area contributed by atoms with E-state index in [2.05, 4.69) is 4.98 Å². The van der Waals surface area contributed by atoms with E-state index in [0.29, 0.717) is 5.56 Å². The van der Waals surface area contributed by atoms with Crippen LogP contribution >= 0.6 is 18.9 Å². The summed E-state index contributed by atoms with van der Waals surface area (Å²) in [5.74, 6) is -0.204. The molecule has 9 heteroatoms. The molecule has 2 heterocycles. The Kier molecular flexibility index (Phi) is 4.15. The molecule has 0 atom stereocenters. The van der Waals surface area contributed by atoms with Crippen LogP contribution in [0.15, 0.2) is 40.8 Å². The van der Waals surface area contributed by atoms with E-state index in [1.807, 2.05) is 19.1 Å². The third-order valence-corrected chi connectivity index (χ3v) is 4.97. The first-order valence-electron chi connectivity index (χ1n) is 6.79. The maximum Gasteiger partial charge on any atom is 0.391 e. The Morgan fingerprint density at radius 3 is 2.46 bits per heavy atom. The van der Waals surface area contributed by atoms with E-state index in [9.17, 15) is 9.36 Å². The zero-order valence-corrected chi connectivity index (χ0v) is 14.2. The zero-order chi connectivity index (χ0) is 17.5. The normalized spacial score (nSPS) is 11.6. The van der Waals surface area contributed by atoms with Gasteiger partial charge < -0.3 is 19.9 Å². The lowest BCUT2D eigenvalue weighted by Crippen LogP contribution is -2.01. The molecule has 2 aromatic heterocycles. The van der Waals surface area contributed by atoms with Gasteiger partial charge in [-0.25, -0.2) is 4.98 Å². The van der Waals surface area contributed by atoms with Gasteiger partial charge in [-0.3, -0.25) is 9.36 Å². The largest absolute Gasteiger partial charge is 0.446 e. The van der Waals surface area contributed by atoms with Crippen LogP contribution in [0.25, 0.3) is 11.5 Å². The molecule has 24 heavy (non-hydrogen) atoms. The molecule has 0 aliphatic carbocycles. The lowest BCUT2D eigenvalue weighted by Gasteiger charge is -2.01. The number of carbonyl (C=O) groups excluding carboxylic acids is 1. The summed E-state index contributed by atoms with van der Waals surface area (Å²) in [5.41, 5.74) is 6.88. The maximum absolute atomic E-state index is 12.7. The number of benzene rings is 1. The lowest BCUT2D eigenvalue weighted by atomic mass is 10.1. The van der Waals surface area contributed by atoms with Crippen molar-refractivity contribution < 1.29 is 23.6 Å². The summed E-state index contributed by atoms with van der Waals surface area (Å²) in [6, 6.07) is 9.54. The smallest absolute Gasteiger partial charge is 0.391 e. The number of rotatable bonds is 4. The highest BCUT2D eigenvalue weighted by Gasteiger charge is 2.26. The number of ketones is 1. The summed E-state index contributed by atoms with van der Waals surface area (Å²) in [5, 5.41) is 0.162. The third-order valence-electron chi connectivity index (χ3n) is 3.28. The van der Waals surface area contributed by atoms with Gasteiger partial charge in [-0.15, -0.1) is 0 Å². The van der Waals surface area contributed by atoms with Gasteiger partial charge in [0.05, 0.1) is 0 Å². The highest BCUT2D eigenvalue weighted by Crippen LogP contribution is 2.37. The zero-order valence-electron chi connectivity index (χ0n) is 12.5. The Morgan fingerprint density at radius 2 is 1.88 bits per heavy atom. The number of aryl methyl sites for hydroxylation is 1. The number of nitrogen functional groups attached to an aromatic ring is 1. The van der Waals surface area contributed by atoms with Crippen molar-refractivity contribution in [2.24, 2.45) is 0 Å². The predicted molar refractivity (Wildman–Crippen MR) is 90.5 cm³/mol. The van der Waals surface area contributed by atoms with Crippen LogP contribution in [-0.4, -0.2) is 20.6 Å². The van der Waals surface area contributed by atoms with Crippen molar-refractivity contribution in [3.63, 3.8) is 0 Å². The quantitative estimate of drug-likeness (QED) is 0.479. The molecule has 124 valence electrons. The maximum atomic E-state index is 12.7. The Labute approximate surface area is 140 Å². The second kappa shape index (κ2) is 5.99. The van der Waals surface area contributed by atoms with E-state index in [1.54, 1.807) is 12.1 Å².